The van der Waals surface area contributed by atoms with Crippen molar-refractivity contribution in [3.63, 3.8) is 0 Å². The maximum Gasteiger partial charge on any atom is 0.177 e. The quantitative estimate of drug-likeness (QED) is 0.754. The molecule has 3 heteroatoms. The van der Waals surface area contributed by atoms with Crippen molar-refractivity contribution < 1.29 is 0 Å². The molecule has 0 radical (unpaired) electrons. The molecule has 1 heterocycles. The predicted octanol–water partition coefficient (Wildman–Crippen LogP) is 3.72. The normalized spacial score (nSPS) is 13.5. The highest BCUT2D eigenvalue weighted by molar-refractivity contribution is 7.71. The lowest BCUT2D eigenvalue weighted by molar-refractivity contribution is 0.355. The van der Waals surface area contributed by atoms with Crippen LogP contribution in [0.5, 0.6) is 0 Å². The highest BCUT2D eigenvalue weighted by atomic mass is 32.1. The van der Waals surface area contributed by atoms with Gasteiger partial charge in [-0.15, -0.1) is 0 Å². The molecule has 0 saturated heterocycles. The summed E-state index contributed by atoms with van der Waals surface area (Å²) in [5.41, 5.74) is 1.32. The number of aromatic nitrogens is 2. The van der Waals surface area contributed by atoms with Crippen LogP contribution >= 0.6 is 12.2 Å². The summed E-state index contributed by atoms with van der Waals surface area (Å²) >= 11 is 5.31. The Hall–Kier alpha value is -0.570. The van der Waals surface area contributed by atoms with Crippen LogP contribution in [0.25, 0.3) is 0 Å². The lowest BCUT2D eigenvalue weighted by atomic mass is 10.0. The molecule has 2 nitrogen and oxygen atoms in total. The summed E-state index contributed by atoms with van der Waals surface area (Å²) in [6.07, 6.45) is 4.21. The van der Waals surface area contributed by atoms with Gasteiger partial charge in [0.05, 0.1) is 0 Å². The Morgan fingerprint density at radius 1 is 1.43 bits per heavy atom. The third-order valence-corrected chi connectivity index (χ3v) is 3.09. The van der Waals surface area contributed by atoms with Crippen molar-refractivity contribution >= 4 is 12.2 Å². The number of rotatable bonds is 4. The van der Waals surface area contributed by atoms with E-state index in [9.17, 15) is 0 Å². The Morgan fingerprint density at radius 2 is 2.07 bits per heavy atom. The van der Waals surface area contributed by atoms with E-state index in [1.54, 1.807) is 0 Å². The summed E-state index contributed by atoms with van der Waals surface area (Å²) in [4.78, 5) is 3.14. The summed E-state index contributed by atoms with van der Waals surface area (Å²) in [7, 11) is 0. The van der Waals surface area contributed by atoms with Gasteiger partial charge in [0.15, 0.2) is 4.77 Å². The van der Waals surface area contributed by atoms with E-state index in [0.29, 0.717) is 12.0 Å². The molecular formula is C11H20N2S. The maximum atomic E-state index is 5.31. The van der Waals surface area contributed by atoms with Crippen LogP contribution in [0.2, 0.25) is 0 Å². The zero-order chi connectivity index (χ0) is 10.7. The van der Waals surface area contributed by atoms with E-state index in [-0.39, 0.29) is 0 Å². The largest absolute Gasteiger partial charge is 0.337 e. The molecule has 1 unspecified atom stereocenters. The molecule has 0 amide bonds. The van der Waals surface area contributed by atoms with E-state index >= 15 is 0 Å². The smallest absolute Gasteiger partial charge is 0.177 e. The Morgan fingerprint density at radius 3 is 2.50 bits per heavy atom. The molecule has 0 bridgehead atoms. The van der Waals surface area contributed by atoms with Crippen LogP contribution in [0.15, 0.2) is 6.20 Å². The monoisotopic (exact) mass is 212 g/mol. The van der Waals surface area contributed by atoms with Gasteiger partial charge >= 0.3 is 0 Å². The number of aryl methyl sites for hydroxylation is 1. The second-order valence-electron chi connectivity index (χ2n) is 4.03. The van der Waals surface area contributed by atoms with E-state index in [1.165, 1.54) is 5.69 Å². The molecule has 1 aromatic rings. The van der Waals surface area contributed by atoms with E-state index in [4.69, 9.17) is 12.2 Å². The zero-order valence-corrected chi connectivity index (χ0v) is 10.3. The maximum absolute atomic E-state index is 5.31. The molecule has 1 N–H and O–H groups in total. The lowest BCUT2D eigenvalue weighted by Gasteiger charge is -2.22. The van der Waals surface area contributed by atoms with Crippen LogP contribution in [0.4, 0.5) is 0 Å². The average molecular weight is 212 g/mol. The first-order valence-electron chi connectivity index (χ1n) is 5.40. The molecule has 0 saturated carbocycles. The number of nitrogens with one attached hydrogen (secondary N) is 1. The Labute approximate surface area is 91.3 Å². The van der Waals surface area contributed by atoms with Crippen molar-refractivity contribution in [3.05, 3.63) is 16.7 Å². The predicted molar refractivity (Wildman–Crippen MR) is 63.2 cm³/mol. The number of hydrogen-bond acceptors (Lipinski definition) is 1. The van der Waals surface area contributed by atoms with E-state index < -0.39 is 0 Å². The summed E-state index contributed by atoms with van der Waals surface area (Å²) in [5.74, 6) is 0.632. The highest BCUT2D eigenvalue weighted by Gasteiger charge is 2.16. The molecule has 1 rings (SSSR count). The minimum Gasteiger partial charge on any atom is -0.337 e. The first-order valence-corrected chi connectivity index (χ1v) is 5.81. The zero-order valence-electron chi connectivity index (χ0n) is 9.50. The van der Waals surface area contributed by atoms with Crippen LogP contribution in [0.1, 0.15) is 45.9 Å². The van der Waals surface area contributed by atoms with Crippen molar-refractivity contribution in [2.45, 2.75) is 46.6 Å². The number of hydrogen-bond donors (Lipinski definition) is 1. The number of nitrogens with zero attached hydrogens (tertiary/aromatic N) is 1. The fraction of sp³-hybridized carbons (Fsp3) is 0.727. The van der Waals surface area contributed by atoms with Gasteiger partial charge in [0, 0.05) is 17.9 Å². The summed E-state index contributed by atoms with van der Waals surface area (Å²) in [5, 5.41) is 0. The van der Waals surface area contributed by atoms with Gasteiger partial charge in [-0.2, -0.15) is 0 Å². The fourth-order valence-corrected chi connectivity index (χ4v) is 2.31. The number of aromatic amines is 1. The molecule has 0 fully saturated rings. The Kier molecular flexibility index (Phi) is 3.93. The second-order valence-corrected chi connectivity index (χ2v) is 4.42. The van der Waals surface area contributed by atoms with Gasteiger partial charge in [0.25, 0.3) is 0 Å². The molecule has 80 valence electrons. The molecular weight excluding hydrogens is 192 g/mol. The lowest BCUT2D eigenvalue weighted by Crippen LogP contribution is -2.16. The minimum absolute atomic E-state index is 0.531. The number of imidazole rings is 1. The van der Waals surface area contributed by atoms with Crippen LogP contribution in [0, 0.1) is 10.7 Å². The van der Waals surface area contributed by atoms with Gasteiger partial charge in [-0.25, -0.2) is 0 Å². The minimum atomic E-state index is 0.531. The van der Waals surface area contributed by atoms with Gasteiger partial charge in [0.1, 0.15) is 0 Å². The fourth-order valence-electron chi connectivity index (χ4n) is 2.00. The van der Waals surface area contributed by atoms with Crippen molar-refractivity contribution in [1.82, 2.24) is 9.55 Å². The van der Waals surface area contributed by atoms with Crippen LogP contribution < -0.4 is 0 Å². The van der Waals surface area contributed by atoms with Crippen molar-refractivity contribution in [1.29, 1.82) is 0 Å². The van der Waals surface area contributed by atoms with E-state index in [0.717, 1.165) is 17.6 Å². The molecule has 0 aromatic carbocycles. The molecule has 1 atom stereocenters. The van der Waals surface area contributed by atoms with Gasteiger partial charge in [-0.1, -0.05) is 27.7 Å². The van der Waals surface area contributed by atoms with Gasteiger partial charge < -0.3 is 9.55 Å². The van der Waals surface area contributed by atoms with E-state index in [2.05, 4.69) is 37.2 Å². The Balaban J connectivity index is 3.14. The molecule has 14 heavy (non-hydrogen) atoms. The van der Waals surface area contributed by atoms with Gasteiger partial charge in [-0.05, 0) is 31.0 Å². The standard InChI is InChI=1S/C11H20N2S/c1-5-9-7-12-11(14)13(9)10(6-2)8(3)4/h7-8,10H,5-6H2,1-4H3,(H,12,14). The van der Waals surface area contributed by atoms with Crippen LogP contribution in [0.3, 0.4) is 0 Å². The molecule has 1 aromatic heterocycles. The third-order valence-electron chi connectivity index (χ3n) is 2.77. The third kappa shape index (κ3) is 2.08. The van der Waals surface area contributed by atoms with Crippen molar-refractivity contribution in [2.24, 2.45) is 5.92 Å². The highest BCUT2D eigenvalue weighted by Crippen LogP contribution is 2.23. The van der Waals surface area contributed by atoms with Gasteiger partial charge in [-0.3, -0.25) is 0 Å². The molecule has 0 aliphatic rings. The topological polar surface area (TPSA) is 20.7 Å². The summed E-state index contributed by atoms with van der Waals surface area (Å²) in [6, 6.07) is 0.531. The first-order chi connectivity index (χ1) is 6.61. The molecule has 0 spiro atoms. The van der Waals surface area contributed by atoms with Crippen molar-refractivity contribution in [3.8, 4) is 0 Å². The van der Waals surface area contributed by atoms with Crippen molar-refractivity contribution in [2.75, 3.05) is 0 Å². The van der Waals surface area contributed by atoms with Crippen LogP contribution in [-0.4, -0.2) is 9.55 Å². The summed E-state index contributed by atoms with van der Waals surface area (Å²) in [6.45, 7) is 8.89. The molecule has 0 aliphatic heterocycles. The average Bonchev–Trinajstić information content (AvgIpc) is 2.49. The van der Waals surface area contributed by atoms with Crippen LogP contribution in [-0.2, 0) is 6.42 Å². The van der Waals surface area contributed by atoms with Gasteiger partial charge in [0.2, 0.25) is 0 Å². The SMILES string of the molecule is CCc1c[nH]c(=S)n1C(CC)C(C)C. The second kappa shape index (κ2) is 4.78. The number of H-pyrrole nitrogens is 1. The van der Waals surface area contributed by atoms with E-state index in [1.807, 2.05) is 6.20 Å². The summed E-state index contributed by atoms with van der Waals surface area (Å²) < 4.78 is 3.14. The molecule has 0 aliphatic carbocycles. The Bertz CT molecular complexity index is 335. The first kappa shape index (κ1) is 11.5.